The zero-order chi connectivity index (χ0) is 15.4. The predicted molar refractivity (Wildman–Crippen MR) is 85.9 cm³/mol. The molecule has 110 valence electrons. The molecule has 2 aromatic rings. The lowest BCUT2D eigenvalue weighted by Crippen LogP contribution is -2.15. The molecule has 0 aliphatic carbocycles. The van der Waals surface area contributed by atoms with Crippen LogP contribution in [0.3, 0.4) is 0 Å². The van der Waals surface area contributed by atoms with Crippen LogP contribution in [0, 0.1) is 6.92 Å². The van der Waals surface area contributed by atoms with Crippen molar-refractivity contribution in [2.24, 2.45) is 0 Å². The van der Waals surface area contributed by atoms with E-state index >= 15 is 0 Å². The zero-order valence-electron chi connectivity index (χ0n) is 12.6. The van der Waals surface area contributed by atoms with Crippen LogP contribution in [0.2, 0.25) is 0 Å². The van der Waals surface area contributed by atoms with Crippen molar-refractivity contribution < 1.29 is 9.90 Å². The Bertz CT molecular complexity index is 651. The summed E-state index contributed by atoms with van der Waals surface area (Å²) in [4.78, 5) is 14.1. The molecular weight excluding hydrogens is 264 g/mol. The lowest BCUT2D eigenvalue weighted by molar-refractivity contribution is -0.115. The molecular formula is C17H20N2O2. The van der Waals surface area contributed by atoms with E-state index in [1.165, 1.54) is 0 Å². The summed E-state index contributed by atoms with van der Waals surface area (Å²) in [6.45, 7) is 2.04. The van der Waals surface area contributed by atoms with Gasteiger partial charge in [0.1, 0.15) is 5.75 Å². The van der Waals surface area contributed by atoms with Crippen molar-refractivity contribution >= 4 is 17.3 Å². The van der Waals surface area contributed by atoms with Gasteiger partial charge in [-0.15, -0.1) is 0 Å². The molecule has 2 rings (SSSR count). The number of phenols is 1. The molecule has 4 heteroatoms. The summed E-state index contributed by atoms with van der Waals surface area (Å²) >= 11 is 0. The molecule has 2 aromatic carbocycles. The normalized spacial score (nSPS) is 10.2. The molecule has 21 heavy (non-hydrogen) atoms. The highest BCUT2D eigenvalue weighted by Crippen LogP contribution is 2.22. The lowest BCUT2D eigenvalue weighted by Gasteiger charge is -2.17. The number of amides is 1. The third kappa shape index (κ3) is 3.99. The molecule has 0 aliphatic heterocycles. The molecule has 0 atom stereocenters. The van der Waals surface area contributed by atoms with Gasteiger partial charge in [-0.3, -0.25) is 4.79 Å². The molecule has 0 spiro atoms. The first-order valence-corrected chi connectivity index (χ1v) is 6.81. The molecule has 0 unspecified atom stereocenters. The summed E-state index contributed by atoms with van der Waals surface area (Å²) in [5.74, 6) is 0.0692. The second-order valence-electron chi connectivity index (χ2n) is 5.29. The maximum Gasteiger partial charge on any atom is 0.228 e. The number of phenolic OH excluding ortho intramolecular Hbond substituents is 1. The van der Waals surface area contributed by atoms with E-state index in [0.29, 0.717) is 0 Å². The van der Waals surface area contributed by atoms with Crippen LogP contribution in [0.4, 0.5) is 11.4 Å². The SMILES string of the molecule is Cc1ccc(NC(=O)Cc2cccc(O)c2)cc1N(C)C. The number of anilines is 2. The van der Waals surface area contributed by atoms with Crippen LogP contribution >= 0.6 is 0 Å². The average Bonchev–Trinajstić information content (AvgIpc) is 2.40. The Morgan fingerprint density at radius 1 is 1.19 bits per heavy atom. The Morgan fingerprint density at radius 2 is 1.95 bits per heavy atom. The van der Waals surface area contributed by atoms with Crippen molar-refractivity contribution in [3.63, 3.8) is 0 Å². The molecule has 0 saturated carbocycles. The summed E-state index contributed by atoms with van der Waals surface area (Å²) in [7, 11) is 3.95. The second kappa shape index (κ2) is 6.31. The highest BCUT2D eigenvalue weighted by atomic mass is 16.3. The van der Waals surface area contributed by atoms with Crippen LogP contribution in [-0.2, 0) is 11.2 Å². The number of carbonyl (C=O) groups excluding carboxylic acids is 1. The zero-order valence-corrected chi connectivity index (χ0v) is 12.6. The highest BCUT2D eigenvalue weighted by molar-refractivity contribution is 5.92. The Kier molecular flexibility index (Phi) is 4.48. The molecule has 4 nitrogen and oxygen atoms in total. The molecule has 0 bridgehead atoms. The summed E-state index contributed by atoms with van der Waals surface area (Å²) in [6, 6.07) is 12.6. The number of hydrogen-bond acceptors (Lipinski definition) is 3. The number of carbonyl (C=O) groups is 1. The molecule has 0 fully saturated rings. The molecule has 0 radical (unpaired) electrons. The van der Waals surface area contributed by atoms with Crippen molar-refractivity contribution in [3.05, 3.63) is 53.6 Å². The van der Waals surface area contributed by atoms with Gasteiger partial charge in [0.05, 0.1) is 6.42 Å². The molecule has 0 aliphatic rings. The van der Waals surface area contributed by atoms with Gasteiger partial charge < -0.3 is 15.3 Å². The van der Waals surface area contributed by atoms with Crippen LogP contribution < -0.4 is 10.2 Å². The van der Waals surface area contributed by atoms with Crippen LogP contribution in [0.5, 0.6) is 5.75 Å². The maximum atomic E-state index is 12.1. The van der Waals surface area contributed by atoms with Gasteiger partial charge in [0.15, 0.2) is 0 Å². The third-order valence-electron chi connectivity index (χ3n) is 3.25. The molecule has 2 N–H and O–H groups in total. The van der Waals surface area contributed by atoms with Crippen molar-refractivity contribution in [1.82, 2.24) is 0 Å². The van der Waals surface area contributed by atoms with Crippen molar-refractivity contribution in [3.8, 4) is 5.75 Å². The van der Waals surface area contributed by atoms with Gasteiger partial charge in [-0.05, 0) is 42.3 Å². The minimum Gasteiger partial charge on any atom is -0.508 e. The second-order valence-corrected chi connectivity index (χ2v) is 5.29. The van der Waals surface area contributed by atoms with Crippen molar-refractivity contribution in [2.45, 2.75) is 13.3 Å². The van der Waals surface area contributed by atoms with Crippen molar-refractivity contribution in [2.75, 3.05) is 24.3 Å². The molecule has 0 saturated heterocycles. The number of aryl methyl sites for hydroxylation is 1. The fraction of sp³-hybridized carbons (Fsp3) is 0.235. The largest absolute Gasteiger partial charge is 0.508 e. The smallest absolute Gasteiger partial charge is 0.228 e. The lowest BCUT2D eigenvalue weighted by atomic mass is 10.1. The fourth-order valence-electron chi connectivity index (χ4n) is 2.23. The van der Waals surface area contributed by atoms with E-state index in [4.69, 9.17) is 0 Å². The molecule has 0 heterocycles. The van der Waals surface area contributed by atoms with Gasteiger partial charge in [0, 0.05) is 25.5 Å². The van der Waals surface area contributed by atoms with Crippen LogP contribution in [0.25, 0.3) is 0 Å². The topological polar surface area (TPSA) is 52.6 Å². The number of rotatable bonds is 4. The minimum absolute atomic E-state index is 0.103. The Labute approximate surface area is 125 Å². The van der Waals surface area contributed by atoms with Gasteiger partial charge in [0.25, 0.3) is 0 Å². The van der Waals surface area contributed by atoms with E-state index < -0.39 is 0 Å². The summed E-state index contributed by atoms with van der Waals surface area (Å²) in [5.41, 5.74) is 3.79. The maximum absolute atomic E-state index is 12.1. The molecule has 0 aromatic heterocycles. The first-order chi connectivity index (χ1) is 9.95. The van der Waals surface area contributed by atoms with Gasteiger partial charge in [0.2, 0.25) is 5.91 Å². The number of aromatic hydroxyl groups is 1. The molecule has 1 amide bonds. The Balaban J connectivity index is 2.08. The van der Waals surface area contributed by atoms with E-state index in [-0.39, 0.29) is 18.1 Å². The van der Waals surface area contributed by atoms with Crippen molar-refractivity contribution in [1.29, 1.82) is 0 Å². The van der Waals surface area contributed by atoms with Crippen LogP contribution in [0.15, 0.2) is 42.5 Å². The number of benzene rings is 2. The first kappa shape index (κ1) is 14.9. The highest BCUT2D eigenvalue weighted by Gasteiger charge is 2.07. The van der Waals surface area contributed by atoms with Crippen LogP contribution in [-0.4, -0.2) is 25.1 Å². The van der Waals surface area contributed by atoms with E-state index in [1.807, 2.05) is 50.2 Å². The summed E-state index contributed by atoms with van der Waals surface area (Å²) in [6.07, 6.45) is 0.236. The van der Waals surface area contributed by atoms with Gasteiger partial charge in [-0.2, -0.15) is 0 Å². The predicted octanol–water partition coefficient (Wildman–Crippen LogP) is 2.95. The number of hydrogen-bond donors (Lipinski definition) is 2. The summed E-state index contributed by atoms with van der Waals surface area (Å²) < 4.78 is 0. The quantitative estimate of drug-likeness (QED) is 0.907. The Morgan fingerprint density at radius 3 is 2.62 bits per heavy atom. The van der Waals surface area contributed by atoms with E-state index in [2.05, 4.69) is 5.32 Å². The first-order valence-electron chi connectivity index (χ1n) is 6.81. The van der Waals surface area contributed by atoms with Gasteiger partial charge in [-0.25, -0.2) is 0 Å². The standard InChI is InChI=1S/C17H20N2O2/c1-12-7-8-14(11-16(12)19(2)3)18-17(21)10-13-5-4-6-15(20)9-13/h4-9,11,20H,10H2,1-3H3,(H,18,21). The van der Waals surface area contributed by atoms with E-state index in [9.17, 15) is 9.90 Å². The van der Waals surface area contributed by atoms with E-state index in [1.54, 1.807) is 18.2 Å². The average molecular weight is 284 g/mol. The number of nitrogens with one attached hydrogen (secondary N) is 1. The Hall–Kier alpha value is -2.49. The third-order valence-corrected chi connectivity index (χ3v) is 3.25. The monoisotopic (exact) mass is 284 g/mol. The fourth-order valence-corrected chi connectivity index (χ4v) is 2.23. The minimum atomic E-state index is -0.103. The van der Waals surface area contributed by atoms with Crippen LogP contribution in [0.1, 0.15) is 11.1 Å². The summed E-state index contributed by atoms with van der Waals surface area (Å²) in [5, 5.41) is 12.3. The number of nitrogens with zero attached hydrogens (tertiary/aromatic N) is 1. The van der Waals surface area contributed by atoms with E-state index in [0.717, 1.165) is 22.5 Å². The van der Waals surface area contributed by atoms with Gasteiger partial charge >= 0.3 is 0 Å². The van der Waals surface area contributed by atoms with Gasteiger partial charge in [-0.1, -0.05) is 18.2 Å².